The summed E-state index contributed by atoms with van der Waals surface area (Å²) in [5.41, 5.74) is 0. The van der Waals surface area contributed by atoms with Gasteiger partial charge in [-0.1, -0.05) is 35.8 Å². The summed E-state index contributed by atoms with van der Waals surface area (Å²) >= 11 is 3.00. The minimum absolute atomic E-state index is 0.203. The van der Waals surface area contributed by atoms with Gasteiger partial charge in [0.2, 0.25) is 0 Å². The monoisotopic (exact) mass is 278 g/mol. The van der Waals surface area contributed by atoms with Gasteiger partial charge in [-0.05, 0) is 0 Å². The van der Waals surface area contributed by atoms with Crippen LogP contribution < -0.4 is 4.57 Å². The minimum Gasteiger partial charge on any atom is -0.396 e. The lowest BCUT2D eigenvalue weighted by molar-refractivity contribution is -0.698. The number of pyridine rings is 1. The number of hydrogen-bond donors (Lipinski definition) is 2. The third kappa shape index (κ3) is 13.6. The number of hydrogen-bond acceptors (Lipinski definition) is 2. The molecule has 2 N–H and O–H groups in total. The fraction of sp³-hybridized carbons (Fsp3) is 0.545. The second-order valence-corrected chi connectivity index (χ2v) is 3.04. The molecule has 0 spiro atoms. The third-order valence-corrected chi connectivity index (χ3v) is 1.57. The number of halogens is 1. The number of nitrogens with zero attached hydrogens (tertiary/aromatic N) is 1. The SMILES string of the molecule is CC.OCCBr.OCC[n+]1ccccc1. The number of aromatic nitrogens is 1. The molecule has 0 atom stereocenters. The largest absolute Gasteiger partial charge is 0.396 e. The van der Waals surface area contributed by atoms with E-state index in [1.807, 2.05) is 49.0 Å². The van der Waals surface area contributed by atoms with Crippen LogP contribution in [0, 0.1) is 0 Å². The van der Waals surface area contributed by atoms with Crippen molar-refractivity contribution in [3.63, 3.8) is 0 Å². The van der Waals surface area contributed by atoms with Crippen LogP contribution in [0.15, 0.2) is 30.6 Å². The summed E-state index contributed by atoms with van der Waals surface area (Å²) in [6, 6.07) is 5.83. The molecule has 0 amide bonds. The zero-order valence-corrected chi connectivity index (χ0v) is 11.0. The molecule has 1 aromatic rings. The first-order valence-electron chi connectivity index (χ1n) is 5.07. The van der Waals surface area contributed by atoms with Gasteiger partial charge in [0.1, 0.15) is 6.61 Å². The van der Waals surface area contributed by atoms with E-state index in [0.717, 1.165) is 0 Å². The normalized spacial score (nSPS) is 8.07. The Kier molecular flexibility index (Phi) is 18.1. The molecule has 0 fully saturated rings. The third-order valence-electron chi connectivity index (χ3n) is 1.22. The van der Waals surface area contributed by atoms with Crippen LogP contribution in [0.4, 0.5) is 0 Å². The molecule has 3 nitrogen and oxygen atoms in total. The van der Waals surface area contributed by atoms with Crippen molar-refractivity contribution < 1.29 is 14.8 Å². The summed E-state index contributed by atoms with van der Waals surface area (Å²) in [6.07, 6.45) is 3.85. The smallest absolute Gasteiger partial charge is 0.171 e. The zero-order valence-electron chi connectivity index (χ0n) is 9.43. The summed E-state index contributed by atoms with van der Waals surface area (Å²) in [6.45, 7) is 5.12. The molecule has 0 aliphatic heterocycles. The second-order valence-electron chi connectivity index (χ2n) is 2.25. The maximum atomic E-state index is 8.50. The fourth-order valence-corrected chi connectivity index (χ4v) is 0.699. The first kappa shape index (κ1) is 17.0. The molecule has 1 rings (SSSR count). The average Bonchev–Trinajstić information content (AvgIpc) is 2.34. The van der Waals surface area contributed by atoms with Crippen molar-refractivity contribution in [2.45, 2.75) is 20.4 Å². The van der Waals surface area contributed by atoms with E-state index in [1.54, 1.807) is 0 Å². The molecular weight excluding hydrogens is 258 g/mol. The molecule has 15 heavy (non-hydrogen) atoms. The van der Waals surface area contributed by atoms with Crippen LogP contribution in [0.3, 0.4) is 0 Å². The van der Waals surface area contributed by atoms with E-state index in [-0.39, 0.29) is 13.2 Å². The van der Waals surface area contributed by atoms with Gasteiger partial charge in [0.15, 0.2) is 18.9 Å². The van der Waals surface area contributed by atoms with Gasteiger partial charge in [0.05, 0.1) is 6.61 Å². The van der Waals surface area contributed by atoms with Crippen molar-refractivity contribution in [3.05, 3.63) is 30.6 Å². The fourth-order valence-electron chi connectivity index (χ4n) is 0.699. The Morgan fingerprint density at radius 1 is 1.00 bits per heavy atom. The molecule has 0 bridgehead atoms. The van der Waals surface area contributed by atoms with Crippen molar-refractivity contribution in [1.29, 1.82) is 0 Å². The summed E-state index contributed by atoms with van der Waals surface area (Å²) in [5, 5.41) is 17.0. The van der Waals surface area contributed by atoms with E-state index in [4.69, 9.17) is 10.2 Å². The lowest BCUT2D eigenvalue weighted by Crippen LogP contribution is -2.33. The maximum Gasteiger partial charge on any atom is 0.171 e. The van der Waals surface area contributed by atoms with Gasteiger partial charge in [-0.25, -0.2) is 4.57 Å². The van der Waals surface area contributed by atoms with Crippen LogP contribution in [0.2, 0.25) is 0 Å². The van der Waals surface area contributed by atoms with Crippen molar-refractivity contribution in [2.24, 2.45) is 0 Å². The Hall–Kier alpha value is -0.450. The highest BCUT2D eigenvalue weighted by Gasteiger charge is 1.91. The van der Waals surface area contributed by atoms with Gasteiger partial charge in [-0.15, -0.1) is 0 Å². The number of aliphatic hydroxyl groups excluding tert-OH is 2. The van der Waals surface area contributed by atoms with Crippen molar-refractivity contribution >= 4 is 15.9 Å². The first-order chi connectivity index (χ1) is 7.35. The average molecular weight is 279 g/mol. The van der Waals surface area contributed by atoms with Crippen molar-refractivity contribution in [1.82, 2.24) is 0 Å². The summed E-state index contributed by atoms with van der Waals surface area (Å²) in [4.78, 5) is 0. The number of alkyl halides is 1. The predicted molar refractivity (Wildman–Crippen MR) is 66.0 cm³/mol. The summed E-state index contributed by atoms with van der Waals surface area (Å²) in [7, 11) is 0. The van der Waals surface area contributed by atoms with Gasteiger partial charge in [-0.2, -0.15) is 0 Å². The number of rotatable bonds is 3. The second kappa shape index (κ2) is 16.0. The van der Waals surface area contributed by atoms with E-state index in [2.05, 4.69) is 15.9 Å². The molecule has 4 heteroatoms. The van der Waals surface area contributed by atoms with Gasteiger partial charge in [0.25, 0.3) is 0 Å². The van der Waals surface area contributed by atoms with E-state index in [9.17, 15) is 0 Å². The predicted octanol–water partition coefficient (Wildman–Crippen LogP) is 1.37. The zero-order chi connectivity index (χ0) is 11.9. The van der Waals surface area contributed by atoms with Crippen LogP contribution in [0.5, 0.6) is 0 Å². The van der Waals surface area contributed by atoms with Crippen LogP contribution >= 0.6 is 15.9 Å². The summed E-state index contributed by atoms with van der Waals surface area (Å²) < 4.78 is 1.93. The van der Waals surface area contributed by atoms with Gasteiger partial charge >= 0.3 is 0 Å². The Morgan fingerprint density at radius 3 is 1.80 bits per heavy atom. The lowest BCUT2D eigenvalue weighted by atomic mass is 10.5. The minimum atomic E-state index is 0.203. The van der Waals surface area contributed by atoms with E-state index < -0.39 is 0 Å². The van der Waals surface area contributed by atoms with Crippen molar-refractivity contribution in [2.75, 3.05) is 18.5 Å². The first-order valence-corrected chi connectivity index (χ1v) is 6.19. The van der Waals surface area contributed by atoms with Gasteiger partial charge in [0, 0.05) is 17.5 Å². The molecular formula is C11H21BrNO2+. The summed E-state index contributed by atoms with van der Waals surface area (Å²) in [5.74, 6) is 0. The maximum absolute atomic E-state index is 8.50. The molecule has 0 aliphatic rings. The standard InChI is InChI=1S/C7H10NO.C2H5BrO.C2H6/c9-7-6-8-4-2-1-3-5-8;3-1-2-4;1-2/h1-5,9H,6-7H2;4H,1-2H2;1-2H3/q+1;;. The highest BCUT2D eigenvalue weighted by molar-refractivity contribution is 9.09. The Morgan fingerprint density at radius 2 is 1.47 bits per heavy atom. The molecule has 0 unspecified atom stereocenters. The van der Waals surface area contributed by atoms with Gasteiger partial charge < -0.3 is 10.2 Å². The van der Waals surface area contributed by atoms with E-state index >= 15 is 0 Å². The molecule has 0 saturated heterocycles. The van der Waals surface area contributed by atoms with Crippen LogP contribution in [-0.2, 0) is 6.54 Å². The highest BCUT2D eigenvalue weighted by Crippen LogP contribution is 1.75. The topological polar surface area (TPSA) is 44.3 Å². The van der Waals surface area contributed by atoms with Crippen molar-refractivity contribution in [3.8, 4) is 0 Å². The molecule has 0 radical (unpaired) electrons. The Bertz CT molecular complexity index is 193. The molecule has 0 saturated carbocycles. The van der Waals surface area contributed by atoms with Gasteiger partial charge in [-0.3, -0.25) is 0 Å². The number of aliphatic hydroxyl groups is 2. The molecule has 88 valence electrons. The van der Waals surface area contributed by atoms with E-state index in [1.165, 1.54) is 0 Å². The quantitative estimate of drug-likeness (QED) is 0.648. The van der Waals surface area contributed by atoms with Crippen LogP contribution in [-0.4, -0.2) is 28.8 Å². The molecule has 1 aromatic heterocycles. The molecule has 0 aromatic carbocycles. The molecule has 1 heterocycles. The van der Waals surface area contributed by atoms with Crippen LogP contribution in [0.25, 0.3) is 0 Å². The van der Waals surface area contributed by atoms with E-state index in [0.29, 0.717) is 11.9 Å². The Labute approximate surface area is 101 Å². The highest BCUT2D eigenvalue weighted by atomic mass is 79.9. The lowest BCUT2D eigenvalue weighted by Gasteiger charge is -1.88. The Balaban J connectivity index is 0. The molecule has 0 aliphatic carbocycles. The van der Waals surface area contributed by atoms with Crippen LogP contribution in [0.1, 0.15) is 13.8 Å².